The number of hydrogen-bond donors (Lipinski definition) is 0. The van der Waals surface area contributed by atoms with Crippen LogP contribution in [0.5, 0.6) is 0 Å². The van der Waals surface area contributed by atoms with Crippen LogP contribution in [-0.2, 0) is 31.9 Å². The summed E-state index contributed by atoms with van der Waals surface area (Å²) in [6.07, 6.45) is 3.16. The Kier molecular flexibility index (Phi) is 5.56. The minimum absolute atomic E-state index is 0.0396. The average Bonchev–Trinajstić information content (AvgIpc) is 2.67. The number of carbonyl (C=O) groups is 1. The maximum Gasteiger partial charge on any atom is 0.534 e. The molecule has 0 bridgehead atoms. The van der Waals surface area contributed by atoms with E-state index in [1.165, 1.54) is 12.1 Å². The van der Waals surface area contributed by atoms with Crippen molar-refractivity contribution in [2.24, 2.45) is 5.41 Å². The van der Waals surface area contributed by atoms with Crippen molar-refractivity contribution < 1.29 is 30.6 Å². The lowest BCUT2D eigenvalue weighted by molar-refractivity contribution is -0.125. The van der Waals surface area contributed by atoms with Gasteiger partial charge in [0.15, 0.2) is 0 Å². The SMILES string of the molecule is CC(C)(C)C(=O)Cc1ccc2c(c1)CCCC=C2OS(=O)(=O)C(F)(F)F. The summed E-state index contributed by atoms with van der Waals surface area (Å²) in [6.45, 7) is 5.44. The van der Waals surface area contributed by atoms with Crippen LogP contribution in [0.2, 0.25) is 0 Å². The zero-order valence-corrected chi connectivity index (χ0v) is 15.6. The van der Waals surface area contributed by atoms with E-state index in [-0.39, 0.29) is 18.0 Å². The first-order chi connectivity index (χ1) is 11.8. The molecule has 0 heterocycles. The monoisotopic (exact) mass is 390 g/mol. The Labute approximate surface area is 151 Å². The molecule has 0 N–H and O–H groups in total. The van der Waals surface area contributed by atoms with Gasteiger partial charge in [-0.05, 0) is 36.5 Å². The van der Waals surface area contributed by atoms with E-state index in [0.29, 0.717) is 30.4 Å². The third-order valence-electron chi connectivity index (χ3n) is 4.10. The van der Waals surface area contributed by atoms with Gasteiger partial charge in [-0.15, -0.1) is 0 Å². The minimum Gasteiger partial charge on any atom is -0.376 e. The molecule has 144 valence electrons. The van der Waals surface area contributed by atoms with E-state index in [0.717, 1.165) is 5.56 Å². The number of aryl methyl sites for hydroxylation is 1. The van der Waals surface area contributed by atoms with E-state index < -0.39 is 21.0 Å². The van der Waals surface area contributed by atoms with E-state index in [1.807, 2.05) is 20.8 Å². The van der Waals surface area contributed by atoms with Crippen LogP contribution >= 0.6 is 0 Å². The fourth-order valence-electron chi connectivity index (χ4n) is 2.53. The van der Waals surface area contributed by atoms with Crippen molar-refractivity contribution in [3.8, 4) is 0 Å². The van der Waals surface area contributed by atoms with Gasteiger partial charge in [-0.25, -0.2) is 0 Å². The Morgan fingerprint density at radius 2 is 1.85 bits per heavy atom. The van der Waals surface area contributed by atoms with E-state index in [1.54, 1.807) is 12.1 Å². The average molecular weight is 390 g/mol. The Balaban J connectivity index is 2.34. The predicted octanol–water partition coefficient (Wildman–Crippen LogP) is 4.39. The first-order valence-corrected chi connectivity index (χ1v) is 9.58. The van der Waals surface area contributed by atoms with Gasteiger partial charge in [0.05, 0.1) is 0 Å². The molecule has 0 spiro atoms. The topological polar surface area (TPSA) is 60.4 Å². The van der Waals surface area contributed by atoms with Gasteiger partial charge in [0, 0.05) is 17.4 Å². The predicted molar refractivity (Wildman–Crippen MR) is 91.6 cm³/mol. The van der Waals surface area contributed by atoms with Gasteiger partial charge in [0.2, 0.25) is 0 Å². The fourth-order valence-corrected chi connectivity index (χ4v) is 3.02. The van der Waals surface area contributed by atoms with E-state index in [2.05, 4.69) is 4.18 Å². The summed E-state index contributed by atoms with van der Waals surface area (Å²) in [5, 5.41) is 0. The number of carbonyl (C=O) groups excluding carboxylic acids is 1. The normalized spacial score (nSPS) is 15.7. The molecule has 0 unspecified atom stereocenters. The highest BCUT2D eigenvalue weighted by Crippen LogP contribution is 2.34. The molecule has 1 aliphatic carbocycles. The Hall–Kier alpha value is -1.83. The van der Waals surface area contributed by atoms with Gasteiger partial charge in [-0.1, -0.05) is 39.0 Å². The molecule has 0 aliphatic heterocycles. The second-order valence-corrected chi connectivity index (χ2v) is 8.82. The van der Waals surface area contributed by atoms with Crippen molar-refractivity contribution >= 4 is 21.7 Å². The van der Waals surface area contributed by atoms with Crippen molar-refractivity contribution in [1.29, 1.82) is 0 Å². The maximum absolute atomic E-state index is 12.6. The fraction of sp³-hybridized carbons (Fsp3) is 0.500. The van der Waals surface area contributed by atoms with Crippen LogP contribution in [0.4, 0.5) is 13.2 Å². The second-order valence-electron chi connectivity index (χ2n) is 7.29. The first-order valence-electron chi connectivity index (χ1n) is 8.17. The molecule has 8 heteroatoms. The van der Waals surface area contributed by atoms with Crippen LogP contribution in [0.3, 0.4) is 0 Å². The minimum atomic E-state index is -5.73. The smallest absolute Gasteiger partial charge is 0.376 e. The van der Waals surface area contributed by atoms with E-state index in [9.17, 15) is 26.4 Å². The number of fused-ring (bicyclic) bond motifs is 1. The lowest BCUT2D eigenvalue weighted by atomic mass is 9.86. The summed E-state index contributed by atoms with van der Waals surface area (Å²) < 4.78 is 64.9. The molecule has 0 fully saturated rings. The van der Waals surface area contributed by atoms with Gasteiger partial charge in [-0.2, -0.15) is 21.6 Å². The highest BCUT2D eigenvalue weighted by atomic mass is 32.2. The van der Waals surface area contributed by atoms with Crippen LogP contribution < -0.4 is 0 Å². The molecular weight excluding hydrogens is 369 g/mol. The van der Waals surface area contributed by atoms with Crippen molar-refractivity contribution in [2.45, 2.75) is 52.0 Å². The molecule has 0 saturated carbocycles. The summed E-state index contributed by atoms with van der Waals surface area (Å²) in [5.41, 5.74) is -4.27. The van der Waals surface area contributed by atoms with Gasteiger partial charge in [0.25, 0.3) is 0 Å². The molecule has 1 aromatic rings. The summed E-state index contributed by atoms with van der Waals surface area (Å²) in [7, 11) is -5.73. The zero-order chi connectivity index (χ0) is 19.8. The van der Waals surface area contributed by atoms with Crippen LogP contribution in [-0.4, -0.2) is 19.7 Å². The molecule has 0 aromatic heterocycles. The van der Waals surface area contributed by atoms with Gasteiger partial charge >= 0.3 is 15.6 Å². The number of allylic oxidation sites excluding steroid dienone is 1. The molecule has 0 amide bonds. The number of alkyl halides is 3. The number of hydrogen-bond acceptors (Lipinski definition) is 4. The maximum atomic E-state index is 12.6. The van der Waals surface area contributed by atoms with Gasteiger partial charge in [0.1, 0.15) is 11.5 Å². The van der Waals surface area contributed by atoms with Crippen LogP contribution in [0.1, 0.15) is 50.3 Å². The highest BCUT2D eigenvalue weighted by molar-refractivity contribution is 7.87. The van der Waals surface area contributed by atoms with Gasteiger partial charge < -0.3 is 4.18 Å². The number of rotatable bonds is 4. The summed E-state index contributed by atoms with van der Waals surface area (Å²) in [5.74, 6) is -0.277. The number of halogens is 3. The van der Waals surface area contributed by atoms with Crippen LogP contribution in [0.15, 0.2) is 24.3 Å². The largest absolute Gasteiger partial charge is 0.534 e. The lowest BCUT2D eigenvalue weighted by Gasteiger charge is -2.18. The van der Waals surface area contributed by atoms with Crippen LogP contribution in [0, 0.1) is 5.41 Å². The Bertz CT molecular complexity index is 831. The van der Waals surface area contributed by atoms with Crippen molar-refractivity contribution in [2.75, 3.05) is 0 Å². The van der Waals surface area contributed by atoms with E-state index in [4.69, 9.17) is 0 Å². The first kappa shape index (κ1) is 20.5. The molecule has 1 aromatic carbocycles. The standard InChI is InChI=1S/C18H21F3O4S/c1-17(2,3)16(22)11-12-8-9-14-13(10-12)6-4-5-7-15(14)25-26(23,24)18(19,20)21/h7-10H,4-6,11H2,1-3H3. The molecule has 0 saturated heterocycles. The lowest BCUT2D eigenvalue weighted by Crippen LogP contribution is -2.25. The Morgan fingerprint density at radius 1 is 1.19 bits per heavy atom. The molecule has 1 aliphatic rings. The highest BCUT2D eigenvalue weighted by Gasteiger charge is 2.49. The quantitative estimate of drug-likeness (QED) is 0.565. The number of benzene rings is 1. The van der Waals surface area contributed by atoms with Crippen molar-refractivity contribution in [3.05, 3.63) is 41.0 Å². The summed E-state index contributed by atoms with van der Waals surface area (Å²) in [4.78, 5) is 12.2. The van der Waals surface area contributed by atoms with Crippen LogP contribution in [0.25, 0.3) is 5.76 Å². The zero-order valence-electron chi connectivity index (χ0n) is 14.8. The van der Waals surface area contributed by atoms with E-state index >= 15 is 0 Å². The Morgan fingerprint density at radius 3 is 2.42 bits per heavy atom. The summed E-state index contributed by atoms with van der Waals surface area (Å²) >= 11 is 0. The molecular formula is C18H21F3O4S. The molecule has 0 radical (unpaired) electrons. The number of ketones is 1. The van der Waals surface area contributed by atoms with Crippen molar-refractivity contribution in [3.63, 3.8) is 0 Å². The van der Waals surface area contributed by atoms with Gasteiger partial charge in [-0.3, -0.25) is 4.79 Å². The summed E-state index contributed by atoms with van der Waals surface area (Å²) in [6, 6.07) is 4.87. The second kappa shape index (κ2) is 7.06. The molecule has 4 nitrogen and oxygen atoms in total. The van der Waals surface area contributed by atoms with Crippen molar-refractivity contribution in [1.82, 2.24) is 0 Å². The number of Topliss-reactive ketones (excluding diaryl/α,β-unsaturated/α-hetero) is 1. The molecule has 26 heavy (non-hydrogen) atoms. The molecule has 2 rings (SSSR count). The third-order valence-corrected chi connectivity index (χ3v) is 5.07. The third kappa shape index (κ3) is 4.66. The molecule has 0 atom stereocenters.